The maximum Gasteiger partial charge on any atom is 0.357 e. The van der Waals surface area contributed by atoms with Gasteiger partial charge in [0.15, 0.2) is 0 Å². The van der Waals surface area contributed by atoms with Crippen LogP contribution in [-0.4, -0.2) is 30.7 Å². The minimum Gasteiger partial charge on any atom is -0.456 e. The summed E-state index contributed by atoms with van der Waals surface area (Å²) in [5, 5.41) is 4.53. The zero-order valence-corrected chi connectivity index (χ0v) is 18.0. The van der Waals surface area contributed by atoms with Crippen molar-refractivity contribution in [3.63, 3.8) is 0 Å². The summed E-state index contributed by atoms with van der Waals surface area (Å²) in [6.45, 7) is 0.0448. The summed E-state index contributed by atoms with van der Waals surface area (Å²) in [4.78, 5) is 25.2. The number of nitrogen functional groups attached to an aromatic ring is 2. The monoisotopic (exact) mass is 449 g/mol. The molecular weight excluding hydrogens is 430 g/mol. The van der Waals surface area contributed by atoms with Crippen LogP contribution in [0.5, 0.6) is 0 Å². The first kappa shape index (κ1) is 21.3. The first-order valence-electron chi connectivity index (χ1n) is 9.68. The van der Waals surface area contributed by atoms with Crippen LogP contribution in [0.25, 0.3) is 11.4 Å². The summed E-state index contributed by atoms with van der Waals surface area (Å²) in [6, 6.07) is 14.7. The SMILES string of the molecule is Cn1nc(-c2cc(N)nc(Cl)n2)c(Cc2ccccc2)c1C(=O)OCc1ccnc(N)c1. The van der Waals surface area contributed by atoms with Crippen LogP contribution in [0.1, 0.15) is 27.2 Å². The van der Waals surface area contributed by atoms with Crippen molar-refractivity contribution in [2.24, 2.45) is 7.05 Å². The number of aryl methyl sites for hydroxylation is 1. The number of carbonyl (C=O) groups excluding carboxylic acids is 1. The minimum atomic E-state index is -0.527. The standard InChI is InChI=1S/C22H20ClN7O2/c1-30-20(21(31)32-12-14-7-8-26-17(24)10-14)15(9-13-5-3-2-4-6-13)19(29-30)16-11-18(25)28-22(23)27-16/h2-8,10-11H,9,12H2,1H3,(H2,24,26)(H2,25,27,28). The van der Waals surface area contributed by atoms with Gasteiger partial charge in [-0.3, -0.25) is 4.68 Å². The van der Waals surface area contributed by atoms with Gasteiger partial charge in [-0.1, -0.05) is 30.3 Å². The first-order chi connectivity index (χ1) is 15.4. The number of rotatable bonds is 6. The second kappa shape index (κ2) is 9.03. The molecule has 0 amide bonds. The fourth-order valence-corrected chi connectivity index (χ4v) is 3.54. The van der Waals surface area contributed by atoms with E-state index < -0.39 is 5.97 Å². The van der Waals surface area contributed by atoms with Crippen LogP contribution in [0.15, 0.2) is 54.7 Å². The van der Waals surface area contributed by atoms with Gasteiger partial charge in [0.25, 0.3) is 0 Å². The summed E-state index contributed by atoms with van der Waals surface area (Å²) in [5.74, 6) is 0.0285. The molecule has 0 radical (unpaired) electrons. The van der Waals surface area contributed by atoms with Gasteiger partial charge in [-0.05, 0) is 34.9 Å². The molecule has 9 nitrogen and oxygen atoms in total. The zero-order valence-electron chi connectivity index (χ0n) is 17.2. The van der Waals surface area contributed by atoms with E-state index >= 15 is 0 Å². The van der Waals surface area contributed by atoms with Crippen LogP contribution in [-0.2, 0) is 24.8 Å². The molecule has 32 heavy (non-hydrogen) atoms. The Labute approximate surface area is 189 Å². The third kappa shape index (κ3) is 4.68. The predicted octanol–water partition coefficient (Wildman–Crippen LogP) is 3.04. The number of halogens is 1. The molecule has 4 rings (SSSR count). The maximum absolute atomic E-state index is 13.1. The highest BCUT2D eigenvalue weighted by Gasteiger charge is 2.25. The molecule has 3 heterocycles. The summed E-state index contributed by atoms with van der Waals surface area (Å²) >= 11 is 6.01. The van der Waals surface area contributed by atoms with Crippen molar-refractivity contribution in [3.05, 3.63) is 82.4 Å². The second-order valence-corrected chi connectivity index (χ2v) is 7.41. The molecule has 10 heteroatoms. The van der Waals surface area contributed by atoms with Crippen molar-refractivity contribution < 1.29 is 9.53 Å². The minimum absolute atomic E-state index is 0.00397. The molecule has 1 aromatic carbocycles. The highest BCUT2D eigenvalue weighted by molar-refractivity contribution is 6.28. The Morgan fingerprint density at radius 2 is 1.84 bits per heavy atom. The summed E-state index contributed by atoms with van der Waals surface area (Å²) in [5.41, 5.74) is 15.1. The molecular formula is C22H20ClN7O2. The number of ether oxygens (including phenoxy) is 1. The van der Waals surface area contributed by atoms with Gasteiger partial charge in [-0.25, -0.2) is 19.7 Å². The van der Waals surface area contributed by atoms with Gasteiger partial charge >= 0.3 is 5.97 Å². The lowest BCUT2D eigenvalue weighted by Crippen LogP contribution is -2.13. The fourth-order valence-electron chi connectivity index (χ4n) is 3.35. The molecule has 0 saturated carbocycles. The Morgan fingerprint density at radius 3 is 2.56 bits per heavy atom. The van der Waals surface area contributed by atoms with Gasteiger partial charge in [-0.2, -0.15) is 5.10 Å². The number of carbonyl (C=O) groups is 1. The third-order valence-corrected chi connectivity index (χ3v) is 4.91. The molecule has 0 unspecified atom stereocenters. The third-order valence-electron chi connectivity index (χ3n) is 4.74. The molecule has 0 fully saturated rings. The number of aromatic nitrogens is 5. The molecule has 0 saturated heterocycles. The van der Waals surface area contributed by atoms with E-state index in [9.17, 15) is 4.79 Å². The first-order valence-corrected chi connectivity index (χ1v) is 10.1. The van der Waals surface area contributed by atoms with Crippen molar-refractivity contribution in [2.75, 3.05) is 11.5 Å². The second-order valence-electron chi connectivity index (χ2n) is 7.07. The maximum atomic E-state index is 13.1. The summed E-state index contributed by atoms with van der Waals surface area (Å²) in [6.07, 6.45) is 1.99. The molecule has 4 aromatic rings. The lowest BCUT2D eigenvalue weighted by atomic mass is 10.0. The van der Waals surface area contributed by atoms with Crippen molar-refractivity contribution in [1.29, 1.82) is 0 Å². The van der Waals surface area contributed by atoms with Crippen LogP contribution in [0.3, 0.4) is 0 Å². The topological polar surface area (TPSA) is 135 Å². The van der Waals surface area contributed by atoms with E-state index in [1.807, 2.05) is 30.3 Å². The largest absolute Gasteiger partial charge is 0.456 e. The van der Waals surface area contributed by atoms with Gasteiger partial charge in [0.1, 0.15) is 29.6 Å². The highest BCUT2D eigenvalue weighted by Crippen LogP contribution is 2.28. The number of hydrogen-bond acceptors (Lipinski definition) is 8. The Kier molecular flexibility index (Phi) is 6.00. The molecule has 3 aromatic heterocycles. The molecule has 4 N–H and O–H groups in total. The number of hydrogen-bond donors (Lipinski definition) is 2. The van der Waals surface area contributed by atoms with Crippen LogP contribution >= 0.6 is 11.6 Å². The fraction of sp³-hybridized carbons (Fsp3) is 0.136. The Bertz CT molecular complexity index is 1250. The Morgan fingerprint density at radius 1 is 1.06 bits per heavy atom. The normalized spacial score (nSPS) is 10.8. The van der Waals surface area contributed by atoms with Crippen molar-refractivity contribution in [1.82, 2.24) is 24.7 Å². The van der Waals surface area contributed by atoms with Crippen molar-refractivity contribution in [2.45, 2.75) is 13.0 Å². The van der Waals surface area contributed by atoms with Gasteiger partial charge in [0.2, 0.25) is 5.28 Å². The Hall–Kier alpha value is -3.98. The van der Waals surface area contributed by atoms with E-state index in [0.717, 1.165) is 11.1 Å². The molecule has 0 aliphatic rings. The van der Waals surface area contributed by atoms with E-state index in [1.54, 1.807) is 31.4 Å². The smallest absolute Gasteiger partial charge is 0.357 e. The van der Waals surface area contributed by atoms with Gasteiger partial charge in [0, 0.05) is 31.3 Å². The summed E-state index contributed by atoms with van der Waals surface area (Å²) < 4.78 is 7.03. The van der Waals surface area contributed by atoms with Gasteiger partial charge < -0.3 is 16.2 Å². The van der Waals surface area contributed by atoms with E-state index in [0.29, 0.717) is 34.9 Å². The number of pyridine rings is 1. The molecule has 162 valence electrons. The lowest BCUT2D eigenvalue weighted by molar-refractivity contribution is 0.0458. The van der Waals surface area contributed by atoms with Crippen LogP contribution < -0.4 is 11.5 Å². The number of nitrogens with zero attached hydrogens (tertiary/aromatic N) is 5. The number of nitrogens with two attached hydrogens (primary N) is 2. The molecule has 0 bridgehead atoms. The Balaban J connectivity index is 1.73. The highest BCUT2D eigenvalue weighted by atomic mass is 35.5. The zero-order chi connectivity index (χ0) is 22.7. The van der Waals surface area contributed by atoms with E-state index in [1.165, 1.54) is 4.68 Å². The van der Waals surface area contributed by atoms with E-state index in [-0.39, 0.29) is 17.7 Å². The quantitative estimate of drug-likeness (QED) is 0.338. The van der Waals surface area contributed by atoms with E-state index in [2.05, 4.69) is 20.1 Å². The predicted molar refractivity (Wildman–Crippen MR) is 121 cm³/mol. The van der Waals surface area contributed by atoms with Crippen LogP contribution in [0.2, 0.25) is 5.28 Å². The average molecular weight is 450 g/mol. The molecule has 0 aliphatic heterocycles. The van der Waals surface area contributed by atoms with Crippen molar-refractivity contribution >= 4 is 29.2 Å². The molecule has 0 aliphatic carbocycles. The number of anilines is 2. The summed E-state index contributed by atoms with van der Waals surface area (Å²) in [7, 11) is 1.67. The van der Waals surface area contributed by atoms with E-state index in [4.69, 9.17) is 27.8 Å². The van der Waals surface area contributed by atoms with Crippen LogP contribution in [0.4, 0.5) is 11.6 Å². The lowest BCUT2D eigenvalue weighted by Gasteiger charge is -2.09. The van der Waals surface area contributed by atoms with Crippen molar-refractivity contribution in [3.8, 4) is 11.4 Å². The van der Waals surface area contributed by atoms with Gasteiger partial charge in [-0.15, -0.1) is 0 Å². The van der Waals surface area contributed by atoms with Crippen LogP contribution in [0, 0.1) is 0 Å². The average Bonchev–Trinajstić information content (AvgIpc) is 3.08. The number of benzene rings is 1. The molecule has 0 atom stereocenters. The molecule has 0 spiro atoms. The van der Waals surface area contributed by atoms with Gasteiger partial charge in [0.05, 0.1) is 5.69 Å². The number of esters is 1.